The van der Waals surface area contributed by atoms with Crippen molar-refractivity contribution in [3.63, 3.8) is 0 Å². The Balaban J connectivity index is 1.64. The molecule has 0 radical (unpaired) electrons. The summed E-state index contributed by atoms with van der Waals surface area (Å²) in [6.07, 6.45) is 7.26. The van der Waals surface area contributed by atoms with Crippen molar-refractivity contribution in [3.8, 4) is 0 Å². The van der Waals surface area contributed by atoms with Crippen molar-refractivity contribution < 1.29 is 0 Å². The first kappa shape index (κ1) is 19.6. The lowest BCUT2D eigenvalue weighted by atomic mass is 9.83. The molecule has 1 aliphatic heterocycles. The molecule has 4 aromatic rings. The minimum Gasteiger partial charge on any atom is -0.272 e. The van der Waals surface area contributed by atoms with Crippen molar-refractivity contribution in [3.05, 3.63) is 125 Å². The fourth-order valence-corrected chi connectivity index (χ4v) is 5.85. The first-order valence-electron chi connectivity index (χ1n) is 10.5. The molecule has 0 N–H and O–H groups in total. The number of hydrogen-bond acceptors (Lipinski definition) is 4. The summed E-state index contributed by atoms with van der Waals surface area (Å²) in [6.45, 7) is 0. The summed E-state index contributed by atoms with van der Waals surface area (Å²) in [5, 5.41) is 0. The molecule has 4 nitrogen and oxygen atoms in total. The Kier molecular flexibility index (Phi) is 4.77. The number of benzene rings is 2. The van der Waals surface area contributed by atoms with Crippen LogP contribution in [0, 0.1) is 0 Å². The van der Waals surface area contributed by atoms with Gasteiger partial charge in [-0.25, -0.2) is 4.99 Å². The Bertz CT molecular complexity index is 1550. The largest absolute Gasteiger partial charge is 0.272 e. The van der Waals surface area contributed by atoms with E-state index in [0.717, 1.165) is 38.9 Å². The monoisotopic (exact) mass is 499 g/mol. The number of aryl methyl sites for hydroxylation is 1. The summed E-state index contributed by atoms with van der Waals surface area (Å²) in [5.74, 6) is 0. The summed E-state index contributed by atoms with van der Waals surface area (Å²) in [6, 6.07) is 20.4. The number of nitrogens with zero attached hydrogens (tertiary/aromatic N) is 3. The number of pyridine rings is 1. The van der Waals surface area contributed by atoms with Gasteiger partial charge in [-0.05, 0) is 59.4 Å². The first-order valence-corrected chi connectivity index (χ1v) is 12.1. The topological polar surface area (TPSA) is 47.2 Å². The number of hydrogen-bond donors (Lipinski definition) is 0. The van der Waals surface area contributed by atoms with E-state index in [2.05, 4.69) is 57.3 Å². The van der Waals surface area contributed by atoms with E-state index < -0.39 is 0 Å². The SMILES string of the molecule is O=c1/c(=C/c2cccnc2)sc2n1[C@H](c1ccc(Br)cc1)C1=C(N=2)c2ccccc2CC1. The van der Waals surface area contributed by atoms with Gasteiger partial charge in [-0.1, -0.05) is 69.7 Å². The molecule has 156 valence electrons. The minimum atomic E-state index is -0.154. The summed E-state index contributed by atoms with van der Waals surface area (Å²) in [5.41, 5.74) is 6.74. The highest BCUT2D eigenvalue weighted by atomic mass is 79.9. The van der Waals surface area contributed by atoms with Crippen LogP contribution >= 0.6 is 27.3 Å². The van der Waals surface area contributed by atoms with E-state index in [-0.39, 0.29) is 11.6 Å². The van der Waals surface area contributed by atoms with E-state index in [4.69, 9.17) is 4.99 Å². The van der Waals surface area contributed by atoms with E-state index in [9.17, 15) is 4.79 Å². The van der Waals surface area contributed by atoms with Crippen LogP contribution in [0.2, 0.25) is 0 Å². The van der Waals surface area contributed by atoms with Crippen LogP contribution in [-0.4, -0.2) is 9.55 Å². The molecule has 1 atom stereocenters. The third-order valence-electron chi connectivity index (χ3n) is 6.04. The van der Waals surface area contributed by atoms with E-state index >= 15 is 0 Å². The third kappa shape index (κ3) is 3.22. The molecule has 0 spiro atoms. The van der Waals surface area contributed by atoms with Crippen LogP contribution in [0.5, 0.6) is 0 Å². The molecule has 0 saturated heterocycles. The molecule has 3 heterocycles. The number of aromatic nitrogens is 2. The quantitative estimate of drug-likeness (QED) is 0.408. The molecule has 6 rings (SSSR count). The highest BCUT2D eigenvalue weighted by molar-refractivity contribution is 9.10. The molecule has 2 aromatic heterocycles. The zero-order valence-electron chi connectivity index (χ0n) is 17.0. The summed E-state index contributed by atoms with van der Waals surface area (Å²) >= 11 is 4.98. The first-order chi connectivity index (χ1) is 15.7. The van der Waals surface area contributed by atoms with Gasteiger partial charge in [0.25, 0.3) is 5.56 Å². The zero-order chi connectivity index (χ0) is 21.7. The van der Waals surface area contributed by atoms with Crippen LogP contribution in [0.15, 0.2) is 92.9 Å². The normalized spacial score (nSPS) is 17.4. The number of halogens is 1. The minimum absolute atomic E-state index is 0.00377. The van der Waals surface area contributed by atoms with Gasteiger partial charge in [0.2, 0.25) is 0 Å². The second-order valence-electron chi connectivity index (χ2n) is 7.95. The van der Waals surface area contributed by atoms with Crippen molar-refractivity contribution in [1.29, 1.82) is 0 Å². The van der Waals surface area contributed by atoms with Crippen LogP contribution in [0.1, 0.15) is 34.7 Å². The molecular formula is C26H18BrN3OS. The average molecular weight is 500 g/mol. The van der Waals surface area contributed by atoms with E-state index in [1.54, 1.807) is 12.4 Å². The fraction of sp³-hybridized carbons (Fsp3) is 0.115. The smallest absolute Gasteiger partial charge is 0.271 e. The second-order valence-corrected chi connectivity index (χ2v) is 9.88. The molecule has 0 bridgehead atoms. The second kappa shape index (κ2) is 7.80. The maximum Gasteiger partial charge on any atom is 0.271 e. The number of fused-ring (bicyclic) bond motifs is 3. The van der Waals surface area contributed by atoms with Crippen LogP contribution in [0.25, 0.3) is 11.8 Å². The molecule has 0 amide bonds. The van der Waals surface area contributed by atoms with E-state index in [1.807, 2.05) is 34.9 Å². The summed E-state index contributed by atoms with van der Waals surface area (Å²) in [4.78, 5) is 23.6. The van der Waals surface area contributed by atoms with E-state index in [1.165, 1.54) is 28.0 Å². The molecule has 0 unspecified atom stereocenters. The van der Waals surface area contributed by atoms with Crippen molar-refractivity contribution in [2.45, 2.75) is 18.9 Å². The predicted octanol–water partition coefficient (Wildman–Crippen LogP) is 4.48. The Morgan fingerprint density at radius 2 is 1.88 bits per heavy atom. The van der Waals surface area contributed by atoms with Gasteiger partial charge in [-0.15, -0.1) is 0 Å². The molecule has 0 fully saturated rings. The fourth-order valence-electron chi connectivity index (χ4n) is 4.58. The Labute approximate surface area is 197 Å². The van der Waals surface area contributed by atoms with Gasteiger partial charge in [-0.2, -0.15) is 0 Å². The van der Waals surface area contributed by atoms with Gasteiger partial charge in [-0.3, -0.25) is 14.3 Å². The van der Waals surface area contributed by atoms with Crippen LogP contribution < -0.4 is 14.9 Å². The number of rotatable bonds is 2. The van der Waals surface area contributed by atoms with Crippen molar-refractivity contribution in [1.82, 2.24) is 9.55 Å². The number of thiazole rings is 1. The van der Waals surface area contributed by atoms with Gasteiger partial charge in [0, 0.05) is 22.4 Å². The lowest BCUT2D eigenvalue weighted by Crippen LogP contribution is -2.38. The molecule has 0 saturated carbocycles. The highest BCUT2D eigenvalue weighted by Crippen LogP contribution is 2.41. The lowest BCUT2D eigenvalue weighted by Gasteiger charge is -2.30. The molecule has 1 aliphatic carbocycles. The third-order valence-corrected chi connectivity index (χ3v) is 7.55. The van der Waals surface area contributed by atoms with Gasteiger partial charge in [0.1, 0.15) is 0 Å². The van der Waals surface area contributed by atoms with Gasteiger partial charge >= 0.3 is 0 Å². The molecule has 2 aliphatic rings. The Morgan fingerprint density at radius 1 is 1.03 bits per heavy atom. The lowest BCUT2D eigenvalue weighted by molar-refractivity contribution is 0.585. The van der Waals surface area contributed by atoms with Crippen LogP contribution in [0.4, 0.5) is 0 Å². The van der Waals surface area contributed by atoms with Crippen molar-refractivity contribution in [2.75, 3.05) is 0 Å². The van der Waals surface area contributed by atoms with E-state index in [0.29, 0.717) is 4.53 Å². The van der Waals surface area contributed by atoms with Crippen molar-refractivity contribution >= 4 is 39.0 Å². The van der Waals surface area contributed by atoms with Gasteiger partial charge in [0.05, 0.1) is 16.3 Å². The molecular weight excluding hydrogens is 482 g/mol. The maximum absolute atomic E-state index is 13.6. The standard InChI is InChI=1S/C26H18BrN3OS/c27-19-10-7-18(8-11-19)24-21-12-9-17-5-1-2-6-20(17)23(21)29-26-30(24)25(31)22(32-26)14-16-4-3-13-28-15-16/h1-8,10-11,13-15,24H,9,12H2/b22-14-/t24-/m1/s1. The van der Waals surface area contributed by atoms with Crippen LogP contribution in [-0.2, 0) is 6.42 Å². The predicted molar refractivity (Wildman–Crippen MR) is 131 cm³/mol. The zero-order valence-corrected chi connectivity index (χ0v) is 19.4. The Hall–Kier alpha value is -3.09. The Morgan fingerprint density at radius 3 is 2.69 bits per heavy atom. The number of allylic oxidation sites excluding steroid dienone is 1. The van der Waals surface area contributed by atoms with Gasteiger partial charge < -0.3 is 0 Å². The van der Waals surface area contributed by atoms with Gasteiger partial charge in [0.15, 0.2) is 4.80 Å². The van der Waals surface area contributed by atoms with Crippen LogP contribution in [0.3, 0.4) is 0 Å². The maximum atomic E-state index is 13.6. The average Bonchev–Trinajstić information content (AvgIpc) is 3.13. The molecule has 6 heteroatoms. The summed E-state index contributed by atoms with van der Waals surface area (Å²) in [7, 11) is 0. The molecule has 32 heavy (non-hydrogen) atoms. The highest BCUT2D eigenvalue weighted by Gasteiger charge is 2.32. The van der Waals surface area contributed by atoms with Crippen molar-refractivity contribution in [2.24, 2.45) is 4.99 Å². The molecule has 2 aromatic carbocycles. The summed E-state index contributed by atoms with van der Waals surface area (Å²) < 4.78 is 3.57.